The van der Waals surface area contributed by atoms with Crippen molar-refractivity contribution in [2.45, 2.75) is 32.2 Å². The van der Waals surface area contributed by atoms with E-state index < -0.39 is 10.0 Å². The van der Waals surface area contributed by atoms with Crippen LogP contribution in [-0.2, 0) is 10.0 Å². The van der Waals surface area contributed by atoms with Gasteiger partial charge in [0, 0.05) is 18.3 Å². The minimum atomic E-state index is -3.12. The van der Waals surface area contributed by atoms with Crippen LogP contribution in [0.3, 0.4) is 0 Å². The number of aryl methyl sites for hydroxylation is 1. The first-order valence-corrected chi connectivity index (χ1v) is 8.48. The Morgan fingerprint density at radius 1 is 1.37 bits per heavy atom. The second-order valence-corrected chi connectivity index (χ2v) is 7.01. The van der Waals surface area contributed by atoms with Gasteiger partial charge in [0.25, 0.3) is 0 Å². The number of sulfonamides is 1. The molecule has 0 radical (unpaired) electrons. The molecule has 0 bridgehead atoms. The van der Waals surface area contributed by atoms with Crippen LogP contribution in [0.5, 0.6) is 0 Å². The molecule has 0 saturated heterocycles. The van der Waals surface area contributed by atoms with Crippen LogP contribution in [-0.4, -0.2) is 32.2 Å². The Hall–Kier alpha value is -1.14. The second kappa shape index (κ2) is 5.88. The van der Waals surface area contributed by atoms with Gasteiger partial charge in [0.1, 0.15) is 5.82 Å². The lowest BCUT2D eigenvalue weighted by atomic mass is 10.1. The normalized spacial score (nSPS) is 23.5. The fourth-order valence-electron chi connectivity index (χ4n) is 2.59. The van der Waals surface area contributed by atoms with Crippen molar-refractivity contribution >= 4 is 15.8 Å². The third kappa shape index (κ3) is 4.47. The van der Waals surface area contributed by atoms with Crippen molar-refractivity contribution in [2.24, 2.45) is 5.92 Å². The molecule has 1 aromatic rings. The molecule has 0 amide bonds. The smallest absolute Gasteiger partial charge is 0.208 e. The molecule has 2 rings (SSSR count). The minimum Gasteiger partial charge on any atom is -0.370 e. The molecule has 1 fully saturated rings. The van der Waals surface area contributed by atoms with E-state index in [2.05, 4.69) is 15.0 Å². The number of aromatic nitrogens is 1. The van der Waals surface area contributed by atoms with Gasteiger partial charge in [-0.15, -0.1) is 0 Å². The molecule has 0 aliphatic heterocycles. The van der Waals surface area contributed by atoms with Crippen molar-refractivity contribution in [3.8, 4) is 0 Å². The summed E-state index contributed by atoms with van der Waals surface area (Å²) in [6, 6.07) is 5.90. The molecule has 0 spiro atoms. The molecule has 2 atom stereocenters. The molecule has 5 nitrogen and oxygen atoms in total. The lowest BCUT2D eigenvalue weighted by Gasteiger charge is -2.20. The first kappa shape index (κ1) is 14.3. The van der Waals surface area contributed by atoms with E-state index in [1.165, 1.54) is 6.26 Å². The predicted molar refractivity (Wildman–Crippen MR) is 76.6 cm³/mol. The van der Waals surface area contributed by atoms with Crippen LogP contribution in [0.15, 0.2) is 18.2 Å². The molecule has 0 aromatic carbocycles. The molecule has 0 unspecified atom stereocenters. The molecule has 1 aromatic heterocycles. The van der Waals surface area contributed by atoms with E-state index in [0.29, 0.717) is 5.92 Å². The molecule has 2 N–H and O–H groups in total. The average molecular weight is 283 g/mol. The Labute approximate surface area is 114 Å². The number of anilines is 1. The van der Waals surface area contributed by atoms with Crippen molar-refractivity contribution in [3.05, 3.63) is 23.9 Å². The second-order valence-electron chi connectivity index (χ2n) is 5.23. The van der Waals surface area contributed by atoms with Crippen LogP contribution in [0.2, 0.25) is 0 Å². The van der Waals surface area contributed by atoms with Gasteiger partial charge in [0.15, 0.2) is 0 Å². The van der Waals surface area contributed by atoms with Crippen LogP contribution < -0.4 is 10.0 Å². The predicted octanol–water partition coefficient (Wildman–Crippen LogP) is 1.52. The van der Waals surface area contributed by atoms with Crippen LogP contribution in [0.1, 0.15) is 25.0 Å². The Balaban J connectivity index is 1.91. The average Bonchev–Trinajstić information content (AvgIpc) is 2.71. The summed E-state index contributed by atoms with van der Waals surface area (Å²) in [5.41, 5.74) is 0.974. The molecular weight excluding hydrogens is 262 g/mol. The quantitative estimate of drug-likeness (QED) is 0.859. The summed E-state index contributed by atoms with van der Waals surface area (Å²) in [5.74, 6) is 1.18. The SMILES string of the molecule is Cc1cccc(NC[C@@H]2CCC[C@H]2NS(C)(=O)=O)n1. The molecule has 1 aliphatic carbocycles. The number of nitrogens with one attached hydrogen (secondary N) is 2. The fourth-order valence-corrected chi connectivity index (χ4v) is 3.45. The zero-order chi connectivity index (χ0) is 13.9. The van der Waals surface area contributed by atoms with Gasteiger partial charge in [-0.25, -0.2) is 18.1 Å². The van der Waals surface area contributed by atoms with Gasteiger partial charge >= 0.3 is 0 Å². The molecule has 1 heterocycles. The molecular formula is C13H21N3O2S. The summed E-state index contributed by atoms with van der Waals surface area (Å²) >= 11 is 0. The third-order valence-electron chi connectivity index (χ3n) is 3.46. The first-order chi connectivity index (χ1) is 8.94. The maximum atomic E-state index is 11.3. The van der Waals surface area contributed by atoms with Crippen LogP contribution >= 0.6 is 0 Å². The first-order valence-electron chi connectivity index (χ1n) is 6.59. The van der Waals surface area contributed by atoms with E-state index in [-0.39, 0.29) is 6.04 Å². The Kier molecular flexibility index (Phi) is 4.42. The number of pyridine rings is 1. The van der Waals surface area contributed by atoms with E-state index in [4.69, 9.17) is 0 Å². The van der Waals surface area contributed by atoms with Crippen molar-refractivity contribution in [2.75, 3.05) is 18.1 Å². The summed E-state index contributed by atoms with van der Waals surface area (Å²) < 4.78 is 25.3. The van der Waals surface area contributed by atoms with Crippen molar-refractivity contribution in [1.82, 2.24) is 9.71 Å². The Morgan fingerprint density at radius 2 is 2.16 bits per heavy atom. The van der Waals surface area contributed by atoms with Crippen LogP contribution in [0, 0.1) is 12.8 Å². The molecule has 106 valence electrons. The summed E-state index contributed by atoms with van der Waals surface area (Å²) in [5, 5.41) is 3.30. The monoisotopic (exact) mass is 283 g/mol. The van der Waals surface area contributed by atoms with Crippen molar-refractivity contribution in [1.29, 1.82) is 0 Å². The topological polar surface area (TPSA) is 71.1 Å². The molecule has 1 aliphatic rings. The van der Waals surface area contributed by atoms with Gasteiger partial charge in [-0.05, 0) is 37.8 Å². The summed E-state index contributed by atoms with van der Waals surface area (Å²) in [6.07, 6.45) is 4.26. The van der Waals surface area contributed by atoms with Gasteiger partial charge in [-0.3, -0.25) is 0 Å². The molecule has 1 saturated carbocycles. The largest absolute Gasteiger partial charge is 0.370 e. The van der Waals surface area contributed by atoms with E-state index in [9.17, 15) is 8.42 Å². The number of nitrogens with zero attached hydrogens (tertiary/aromatic N) is 1. The van der Waals surface area contributed by atoms with E-state index >= 15 is 0 Å². The fraction of sp³-hybridized carbons (Fsp3) is 0.615. The summed E-state index contributed by atoms with van der Waals surface area (Å²) in [6.45, 7) is 2.71. The van der Waals surface area contributed by atoms with Gasteiger partial charge in [0.2, 0.25) is 10.0 Å². The highest BCUT2D eigenvalue weighted by Crippen LogP contribution is 2.26. The minimum absolute atomic E-state index is 0.0484. The lowest BCUT2D eigenvalue weighted by Crippen LogP contribution is -2.39. The maximum absolute atomic E-state index is 11.3. The summed E-state index contributed by atoms with van der Waals surface area (Å²) in [4.78, 5) is 4.38. The van der Waals surface area contributed by atoms with Crippen molar-refractivity contribution in [3.63, 3.8) is 0 Å². The Bertz CT molecular complexity index is 530. The third-order valence-corrected chi connectivity index (χ3v) is 4.19. The number of hydrogen-bond donors (Lipinski definition) is 2. The molecule has 6 heteroatoms. The van der Waals surface area contributed by atoms with Gasteiger partial charge in [0.05, 0.1) is 6.26 Å². The van der Waals surface area contributed by atoms with Gasteiger partial charge in [-0.1, -0.05) is 12.5 Å². The number of rotatable bonds is 5. The zero-order valence-corrected chi connectivity index (χ0v) is 12.2. The highest BCUT2D eigenvalue weighted by molar-refractivity contribution is 7.88. The van der Waals surface area contributed by atoms with E-state index in [1.54, 1.807) is 0 Å². The Morgan fingerprint density at radius 3 is 2.84 bits per heavy atom. The lowest BCUT2D eigenvalue weighted by molar-refractivity contribution is 0.463. The van der Waals surface area contributed by atoms with Crippen LogP contribution in [0.4, 0.5) is 5.82 Å². The van der Waals surface area contributed by atoms with Gasteiger partial charge in [-0.2, -0.15) is 0 Å². The zero-order valence-electron chi connectivity index (χ0n) is 11.4. The van der Waals surface area contributed by atoms with Crippen LogP contribution in [0.25, 0.3) is 0 Å². The van der Waals surface area contributed by atoms with Gasteiger partial charge < -0.3 is 5.32 Å². The molecule has 19 heavy (non-hydrogen) atoms. The highest BCUT2D eigenvalue weighted by atomic mass is 32.2. The van der Waals surface area contributed by atoms with E-state index in [1.807, 2.05) is 25.1 Å². The van der Waals surface area contributed by atoms with Crippen molar-refractivity contribution < 1.29 is 8.42 Å². The number of hydrogen-bond acceptors (Lipinski definition) is 4. The maximum Gasteiger partial charge on any atom is 0.208 e. The standard InChI is InChI=1S/C13H21N3O2S/c1-10-5-3-8-13(15-10)14-9-11-6-4-7-12(11)16-19(2,17)18/h3,5,8,11-12,16H,4,6-7,9H2,1-2H3,(H,14,15)/t11-,12+/m0/s1. The highest BCUT2D eigenvalue weighted by Gasteiger charge is 2.29. The summed E-state index contributed by atoms with van der Waals surface area (Å²) in [7, 11) is -3.12. The van der Waals surface area contributed by atoms with E-state index in [0.717, 1.165) is 37.3 Å².